The van der Waals surface area contributed by atoms with Gasteiger partial charge in [0.1, 0.15) is 0 Å². The number of hydrogen-bond donors (Lipinski definition) is 1. The van der Waals surface area contributed by atoms with Crippen LogP contribution < -0.4 is 5.32 Å². The topological polar surface area (TPSA) is 47.6 Å². The van der Waals surface area contributed by atoms with Crippen LogP contribution in [0.2, 0.25) is 0 Å². The minimum atomic E-state index is -0.308. The highest BCUT2D eigenvalue weighted by Gasteiger charge is 2.41. The van der Waals surface area contributed by atoms with E-state index >= 15 is 0 Å². The smallest absolute Gasteiger partial charge is 0.335 e. The van der Waals surface area contributed by atoms with Gasteiger partial charge in [-0.05, 0) is 13.3 Å². The summed E-state index contributed by atoms with van der Waals surface area (Å²) in [6, 6.07) is 0. The fourth-order valence-corrected chi connectivity index (χ4v) is 2.03. The van der Waals surface area contributed by atoms with Crippen molar-refractivity contribution in [3.8, 4) is 0 Å². The van der Waals surface area contributed by atoms with Gasteiger partial charge in [-0.25, -0.2) is 4.79 Å². The first kappa shape index (κ1) is 8.97. The third-order valence-corrected chi connectivity index (χ3v) is 2.68. The zero-order valence-corrected chi connectivity index (χ0v) is 7.79. The molecule has 13 heavy (non-hydrogen) atoms. The highest BCUT2D eigenvalue weighted by Crippen LogP contribution is 2.29. The Kier molecular flexibility index (Phi) is 2.51. The van der Waals surface area contributed by atoms with Crippen LogP contribution in [-0.4, -0.2) is 37.9 Å². The van der Waals surface area contributed by atoms with Crippen molar-refractivity contribution in [2.75, 3.05) is 19.7 Å². The van der Waals surface area contributed by atoms with Crippen LogP contribution in [0.1, 0.15) is 13.3 Å². The van der Waals surface area contributed by atoms with E-state index in [2.05, 4.69) is 5.32 Å². The van der Waals surface area contributed by atoms with Gasteiger partial charge in [0, 0.05) is 19.0 Å². The maximum Gasteiger partial charge on any atom is 0.335 e. The Labute approximate surface area is 77.6 Å². The van der Waals surface area contributed by atoms with Crippen molar-refractivity contribution in [3.05, 3.63) is 0 Å². The third kappa shape index (κ3) is 1.69. The van der Waals surface area contributed by atoms with Gasteiger partial charge in [0.25, 0.3) is 0 Å². The molecule has 2 rings (SSSR count). The molecule has 0 bridgehead atoms. The van der Waals surface area contributed by atoms with Crippen LogP contribution in [0.3, 0.4) is 0 Å². The number of carbonyl (C=O) groups is 1. The molecule has 0 spiro atoms. The average Bonchev–Trinajstić information content (AvgIpc) is 2.61. The molecule has 0 amide bonds. The summed E-state index contributed by atoms with van der Waals surface area (Å²) in [4.78, 5) is 11.3. The lowest BCUT2D eigenvalue weighted by atomic mass is 10.0. The van der Waals surface area contributed by atoms with Gasteiger partial charge in [-0.2, -0.15) is 0 Å². The summed E-state index contributed by atoms with van der Waals surface area (Å²) in [6.07, 6.45) is 0.739. The second-order valence-corrected chi connectivity index (χ2v) is 3.57. The molecule has 0 unspecified atom stereocenters. The number of rotatable bonds is 2. The molecule has 74 valence electrons. The van der Waals surface area contributed by atoms with Crippen LogP contribution in [0.5, 0.6) is 0 Å². The molecule has 0 saturated carbocycles. The number of hydrogen-bond acceptors (Lipinski definition) is 4. The molecule has 0 aromatic heterocycles. The van der Waals surface area contributed by atoms with E-state index in [1.165, 1.54) is 0 Å². The van der Waals surface area contributed by atoms with Gasteiger partial charge < -0.3 is 14.8 Å². The van der Waals surface area contributed by atoms with Crippen molar-refractivity contribution in [2.45, 2.75) is 25.6 Å². The maximum absolute atomic E-state index is 11.3. The lowest BCUT2D eigenvalue weighted by Gasteiger charge is -2.10. The van der Waals surface area contributed by atoms with E-state index in [4.69, 9.17) is 9.47 Å². The molecule has 2 saturated heterocycles. The Balaban J connectivity index is 1.87. The first-order chi connectivity index (χ1) is 6.31. The standard InChI is InChI=1S/C9H15NO3/c1-2-12-9(11)7-3-6-4-10-5-8(6)13-7/h6-8,10H,2-5H2,1H3/t6-,7-,8+/m0/s1. The van der Waals surface area contributed by atoms with Crippen molar-refractivity contribution < 1.29 is 14.3 Å². The minimum Gasteiger partial charge on any atom is -0.464 e. The lowest BCUT2D eigenvalue weighted by molar-refractivity contribution is -0.155. The Morgan fingerprint density at radius 3 is 3.15 bits per heavy atom. The van der Waals surface area contributed by atoms with Crippen molar-refractivity contribution in [1.29, 1.82) is 0 Å². The molecule has 4 nitrogen and oxygen atoms in total. The van der Waals surface area contributed by atoms with Crippen LogP contribution in [0, 0.1) is 5.92 Å². The molecule has 0 radical (unpaired) electrons. The number of fused-ring (bicyclic) bond motifs is 1. The molecule has 1 N–H and O–H groups in total. The van der Waals surface area contributed by atoms with Gasteiger partial charge >= 0.3 is 5.97 Å². The maximum atomic E-state index is 11.3. The highest BCUT2D eigenvalue weighted by atomic mass is 16.6. The summed E-state index contributed by atoms with van der Waals surface area (Å²) in [7, 11) is 0. The normalized spacial score (nSPS) is 37.5. The second-order valence-electron chi connectivity index (χ2n) is 3.57. The Morgan fingerprint density at radius 2 is 2.46 bits per heavy atom. The first-order valence-corrected chi connectivity index (χ1v) is 4.84. The molecule has 2 aliphatic rings. The van der Waals surface area contributed by atoms with E-state index in [0.29, 0.717) is 12.5 Å². The number of carbonyl (C=O) groups excluding carboxylic acids is 1. The summed E-state index contributed by atoms with van der Waals surface area (Å²) in [5.41, 5.74) is 0. The number of esters is 1. The Hall–Kier alpha value is -0.610. The predicted molar refractivity (Wildman–Crippen MR) is 46.3 cm³/mol. The number of nitrogens with one attached hydrogen (secondary N) is 1. The van der Waals surface area contributed by atoms with Crippen LogP contribution in [0.25, 0.3) is 0 Å². The number of ether oxygens (including phenoxy) is 2. The molecular formula is C9H15NO3. The van der Waals surface area contributed by atoms with Gasteiger partial charge in [0.15, 0.2) is 6.10 Å². The van der Waals surface area contributed by atoms with Crippen molar-refractivity contribution in [1.82, 2.24) is 5.32 Å². The van der Waals surface area contributed by atoms with Crippen LogP contribution in [-0.2, 0) is 14.3 Å². The van der Waals surface area contributed by atoms with Gasteiger partial charge in [-0.15, -0.1) is 0 Å². The van der Waals surface area contributed by atoms with E-state index in [-0.39, 0.29) is 18.2 Å². The zero-order valence-electron chi connectivity index (χ0n) is 7.79. The molecule has 2 fully saturated rings. The lowest BCUT2D eigenvalue weighted by Crippen LogP contribution is -2.26. The van der Waals surface area contributed by atoms with Crippen molar-refractivity contribution >= 4 is 5.97 Å². The summed E-state index contributed by atoms with van der Waals surface area (Å²) in [5.74, 6) is 0.311. The van der Waals surface area contributed by atoms with Gasteiger partial charge in [0.05, 0.1) is 12.7 Å². The molecule has 4 heteroatoms. The van der Waals surface area contributed by atoms with Crippen molar-refractivity contribution in [2.24, 2.45) is 5.92 Å². The fraction of sp³-hybridized carbons (Fsp3) is 0.889. The summed E-state index contributed by atoms with van der Waals surface area (Å²) in [6.45, 7) is 4.10. The molecule has 0 aromatic rings. The Bertz CT molecular complexity index is 195. The minimum absolute atomic E-state index is 0.197. The molecule has 0 aliphatic carbocycles. The SMILES string of the molecule is CCOC(=O)[C@@H]1C[C@H]2CNC[C@H]2O1. The van der Waals surface area contributed by atoms with E-state index < -0.39 is 0 Å². The third-order valence-electron chi connectivity index (χ3n) is 2.68. The molecule has 3 atom stereocenters. The predicted octanol–water partition coefficient (Wildman–Crippen LogP) is -0.0736. The van der Waals surface area contributed by atoms with E-state index in [0.717, 1.165) is 19.5 Å². The Morgan fingerprint density at radius 1 is 1.62 bits per heavy atom. The van der Waals surface area contributed by atoms with Crippen LogP contribution in [0.15, 0.2) is 0 Å². The van der Waals surface area contributed by atoms with Gasteiger partial charge in [-0.1, -0.05) is 0 Å². The summed E-state index contributed by atoms with van der Waals surface area (Å²) >= 11 is 0. The molecule has 0 aromatic carbocycles. The average molecular weight is 185 g/mol. The molecular weight excluding hydrogens is 170 g/mol. The molecule has 2 aliphatic heterocycles. The van der Waals surface area contributed by atoms with E-state index in [1.54, 1.807) is 0 Å². The fourth-order valence-electron chi connectivity index (χ4n) is 2.03. The van der Waals surface area contributed by atoms with Crippen LogP contribution >= 0.6 is 0 Å². The largest absolute Gasteiger partial charge is 0.464 e. The second kappa shape index (κ2) is 3.64. The van der Waals surface area contributed by atoms with E-state index in [9.17, 15) is 4.79 Å². The van der Waals surface area contributed by atoms with Crippen molar-refractivity contribution in [3.63, 3.8) is 0 Å². The summed E-state index contributed by atoms with van der Waals surface area (Å²) in [5, 5.41) is 3.24. The zero-order chi connectivity index (χ0) is 9.26. The van der Waals surface area contributed by atoms with Crippen LogP contribution in [0.4, 0.5) is 0 Å². The summed E-state index contributed by atoms with van der Waals surface area (Å²) < 4.78 is 10.5. The van der Waals surface area contributed by atoms with Gasteiger partial charge in [0.2, 0.25) is 0 Å². The first-order valence-electron chi connectivity index (χ1n) is 4.84. The highest BCUT2D eigenvalue weighted by molar-refractivity contribution is 5.75. The van der Waals surface area contributed by atoms with E-state index in [1.807, 2.05) is 6.92 Å². The monoisotopic (exact) mass is 185 g/mol. The molecule has 2 heterocycles. The van der Waals surface area contributed by atoms with Gasteiger partial charge in [-0.3, -0.25) is 0 Å². The quantitative estimate of drug-likeness (QED) is 0.612.